The third-order valence-electron chi connectivity index (χ3n) is 5.07. The van der Waals surface area contributed by atoms with Crippen LogP contribution in [0.25, 0.3) is 5.69 Å². The van der Waals surface area contributed by atoms with E-state index in [4.69, 9.17) is 9.84 Å². The number of rotatable bonds is 4. The van der Waals surface area contributed by atoms with Gasteiger partial charge in [-0.05, 0) is 55.2 Å². The van der Waals surface area contributed by atoms with E-state index in [0.717, 1.165) is 42.3 Å². The Morgan fingerprint density at radius 3 is 2.68 bits per heavy atom. The molecule has 0 atom stereocenters. The number of aromatic nitrogens is 2. The Kier molecular flexibility index (Phi) is 3.96. The van der Waals surface area contributed by atoms with Gasteiger partial charge in [0.25, 0.3) is 0 Å². The molecule has 0 spiro atoms. The summed E-state index contributed by atoms with van der Waals surface area (Å²) < 4.78 is 7.34. The Morgan fingerprint density at radius 1 is 1.12 bits per heavy atom. The third-order valence-corrected chi connectivity index (χ3v) is 5.07. The van der Waals surface area contributed by atoms with Gasteiger partial charge in [-0.1, -0.05) is 24.3 Å². The van der Waals surface area contributed by atoms with Crippen LogP contribution in [0.5, 0.6) is 5.75 Å². The molecule has 1 N–H and O–H groups in total. The number of anilines is 1. The van der Waals surface area contributed by atoms with E-state index in [1.165, 1.54) is 22.3 Å². The van der Waals surface area contributed by atoms with E-state index < -0.39 is 0 Å². The first-order valence-electron chi connectivity index (χ1n) is 8.71. The third kappa shape index (κ3) is 2.78. The monoisotopic (exact) mass is 333 g/mol. The van der Waals surface area contributed by atoms with Gasteiger partial charge in [0, 0.05) is 18.5 Å². The number of aryl methyl sites for hydroxylation is 1. The van der Waals surface area contributed by atoms with E-state index in [-0.39, 0.29) is 0 Å². The Bertz CT molecular complexity index is 910. The van der Waals surface area contributed by atoms with Crippen LogP contribution in [-0.2, 0) is 12.8 Å². The molecule has 128 valence electrons. The van der Waals surface area contributed by atoms with E-state index in [9.17, 15) is 0 Å². The van der Waals surface area contributed by atoms with Gasteiger partial charge < -0.3 is 10.1 Å². The van der Waals surface area contributed by atoms with Gasteiger partial charge >= 0.3 is 0 Å². The molecule has 0 saturated heterocycles. The molecular formula is C21H23N3O. The van der Waals surface area contributed by atoms with Crippen molar-refractivity contribution in [2.75, 3.05) is 19.0 Å². The number of methoxy groups -OCH3 is 1. The molecule has 0 saturated carbocycles. The molecule has 0 unspecified atom stereocenters. The van der Waals surface area contributed by atoms with Crippen molar-refractivity contribution < 1.29 is 4.74 Å². The maximum Gasteiger partial charge on any atom is 0.133 e. The highest BCUT2D eigenvalue weighted by Gasteiger charge is 2.23. The minimum absolute atomic E-state index is 0.839. The Morgan fingerprint density at radius 2 is 1.92 bits per heavy atom. The van der Waals surface area contributed by atoms with Gasteiger partial charge in [0.1, 0.15) is 11.6 Å². The molecule has 2 aromatic carbocycles. The van der Waals surface area contributed by atoms with Gasteiger partial charge in [0.2, 0.25) is 0 Å². The molecule has 1 aliphatic heterocycles. The summed E-state index contributed by atoms with van der Waals surface area (Å²) in [5.74, 6) is 2.04. The average Bonchev–Trinajstić information content (AvgIpc) is 3.22. The molecule has 4 nitrogen and oxygen atoms in total. The first kappa shape index (κ1) is 15.8. The molecule has 0 bridgehead atoms. The second kappa shape index (κ2) is 6.28. The molecule has 4 rings (SSSR count). The van der Waals surface area contributed by atoms with Crippen LogP contribution in [0.1, 0.15) is 27.9 Å². The highest BCUT2D eigenvalue weighted by Crippen LogP contribution is 2.31. The van der Waals surface area contributed by atoms with Gasteiger partial charge in [0.05, 0.1) is 18.5 Å². The fourth-order valence-corrected chi connectivity index (χ4v) is 3.46. The zero-order chi connectivity index (χ0) is 17.4. The normalized spacial score (nSPS) is 12.8. The van der Waals surface area contributed by atoms with E-state index in [0.29, 0.717) is 0 Å². The first-order valence-corrected chi connectivity index (χ1v) is 8.71. The smallest absolute Gasteiger partial charge is 0.133 e. The molecule has 0 aliphatic carbocycles. The van der Waals surface area contributed by atoms with Crippen molar-refractivity contribution in [1.82, 2.24) is 9.78 Å². The molecular weight excluding hydrogens is 310 g/mol. The summed E-state index contributed by atoms with van der Waals surface area (Å²) in [7, 11) is 1.69. The van der Waals surface area contributed by atoms with Gasteiger partial charge in [-0.15, -0.1) is 0 Å². The van der Waals surface area contributed by atoms with E-state index in [1.54, 1.807) is 7.11 Å². The lowest BCUT2D eigenvalue weighted by atomic mass is 10.1. The lowest BCUT2D eigenvalue weighted by Gasteiger charge is -2.11. The maximum absolute atomic E-state index is 5.25. The van der Waals surface area contributed by atoms with Crippen molar-refractivity contribution in [1.29, 1.82) is 0 Å². The highest BCUT2D eigenvalue weighted by atomic mass is 16.5. The quantitative estimate of drug-likeness (QED) is 0.783. The standard InChI is InChI=1S/C21H23N3O/c1-14-5-4-6-20(15(14)2)24-21-18(11-12-22-21)19(23-24)13-16-7-9-17(25-3)10-8-16/h4-10,22H,11-13H2,1-3H3. The summed E-state index contributed by atoms with van der Waals surface area (Å²) in [6, 6.07) is 14.6. The topological polar surface area (TPSA) is 39.1 Å². The number of fused-ring (bicyclic) bond motifs is 1. The second-order valence-corrected chi connectivity index (χ2v) is 6.61. The fraction of sp³-hybridized carbons (Fsp3) is 0.286. The second-order valence-electron chi connectivity index (χ2n) is 6.61. The predicted molar refractivity (Wildman–Crippen MR) is 101 cm³/mol. The average molecular weight is 333 g/mol. The summed E-state index contributed by atoms with van der Waals surface area (Å²) in [6.07, 6.45) is 1.87. The van der Waals surface area contributed by atoms with Crippen LogP contribution in [0.15, 0.2) is 42.5 Å². The van der Waals surface area contributed by atoms with Crippen molar-refractivity contribution in [2.45, 2.75) is 26.7 Å². The molecule has 4 heteroatoms. The van der Waals surface area contributed by atoms with E-state index in [1.807, 2.05) is 12.1 Å². The van der Waals surface area contributed by atoms with Crippen molar-refractivity contribution >= 4 is 5.82 Å². The summed E-state index contributed by atoms with van der Waals surface area (Å²) in [5.41, 5.74) is 7.48. The molecule has 0 amide bonds. The van der Waals surface area contributed by atoms with Crippen LogP contribution in [0.2, 0.25) is 0 Å². The van der Waals surface area contributed by atoms with Crippen molar-refractivity contribution in [3.8, 4) is 11.4 Å². The lowest BCUT2D eigenvalue weighted by molar-refractivity contribution is 0.414. The molecule has 25 heavy (non-hydrogen) atoms. The number of hydrogen-bond acceptors (Lipinski definition) is 3. The highest BCUT2D eigenvalue weighted by molar-refractivity contribution is 5.59. The van der Waals surface area contributed by atoms with Crippen LogP contribution < -0.4 is 10.1 Å². The molecule has 3 aromatic rings. The zero-order valence-electron chi connectivity index (χ0n) is 15.0. The first-order chi connectivity index (χ1) is 12.2. The number of hydrogen-bond donors (Lipinski definition) is 1. The largest absolute Gasteiger partial charge is 0.497 e. The maximum atomic E-state index is 5.25. The van der Waals surface area contributed by atoms with Crippen LogP contribution in [-0.4, -0.2) is 23.4 Å². The SMILES string of the molecule is COc1ccc(Cc2nn(-c3cccc(C)c3C)c3c2CCN3)cc1. The van der Waals surface area contributed by atoms with Gasteiger partial charge in [-0.25, -0.2) is 4.68 Å². The van der Waals surface area contributed by atoms with Crippen LogP contribution in [0.3, 0.4) is 0 Å². The van der Waals surface area contributed by atoms with Gasteiger partial charge in [-0.3, -0.25) is 0 Å². The molecule has 2 heterocycles. The minimum atomic E-state index is 0.839. The summed E-state index contributed by atoms with van der Waals surface area (Å²) in [6.45, 7) is 5.29. The van der Waals surface area contributed by atoms with Crippen LogP contribution >= 0.6 is 0 Å². The van der Waals surface area contributed by atoms with Crippen molar-refractivity contribution in [2.24, 2.45) is 0 Å². The van der Waals surface area contributed by atoms with E-state index >= 15 is 0 Å². The number of ether oxygens (including phenoxy) is 1. The molecule has 0 fully saturated rings. The minimum Gasteiger partial charge on any atom is -0.497 e. The number of benzene rings is 2. The fourth-order valence-electron chi connectivity index (χ4n) is 3.46. The Hall–Kier alpha value is -2.75. The Labute approximate surface area is 148 Å². The summed E-state index contributed by atoms with van der Waals surface area (Å²) >= 11 is 0. The van der Waals surface area contributed by atoms with E-state index in [2.05, 4.69) is 54.2 Å². The van der Waals surface area contributed by atoms with Crippen LogP contribution in [0.4, 0.5) is 5.82 Å². The lowest BCUT2D eigenvalue weighted by Crippen LogP contribution is -2.07. The molecule has 0 radical (unpaired) electrons. The zero-order valence-corrected chi connectivity index (χ0v) is 15.0. The Balaban J connectivity index is 1.73. The summed E-state index contributed by atoms with van der Waals surface area (Å²) in [4.78, 5) is 0. The van der Waals surface area contributed by atoms with Gasteiger partial charge in [0.15, 0.2) is 0 Å². The molecule has 1 aromatic heterocycles. The van der Waals surface area contributed by atoms with Crippen LogP contribution in [0, 0.1) is 13.8 Å². The molecule has 1 aliphatic rings. The van der Waals surface area contributed by atoms with Crippen molar-refractivity contribution in [3.63, 3.8) is 0 Å². The number of nitrogens with zero attached hydrogens (tertiary/aromatic N) is 2. The summed E-state index contributed by atoms with van der Waals surface area (Å²) in [5, 5.41) is 8.48. The number of nitrogens with one attached hydrogen (secondary N) is 1. The van der Waals surface area contributed by atoms with Gasteiger partial charge in [-0.2, -0.15) is 5.10 Å². The predicted octanol–water partition coefficient (Wildman–Crippen LogP) is 4.06. The van der Waals surface area contributed by atoms with Crippen molar-refractivity contribution in [3.05, 3.63) is 70.4 Å².